The summed E-state index contributed by atoms with van der Waals surface area (Å²) in [6, 6.07) is 12.2. The van der Waals surface area contributed by atoms with Crippen molar-refractivity contribution < 1.29 is 23.9 Å². The maximum Gasteiger partial charge on any atom is 0.271 e. The first-order valence-corrected chi connectivity index (χ1v) is 9.31. The Kier molecular flexibility index (Phi) is 5.81. The van der Waals surface area contributed by atoms with Gasteiger partial charge in [0.2, 0.25) is 0 Å². The van der Waals surface area contributed by atoms with Gasteiger partial charge >= 0.3 is 0 Å². The van der Waals surface area contributed by atoms with Crippen molar-refractivity contribution in [2.75, 3.05) is 6.54 Å². The number of aliphatic hydroxyl groups excluding tert-OH is 1. The normalized spacial score (nSPS) is 16.8. The lowest BCUT2D eigenvalue weighted by Gasteiger charge is -2.28. The highest BCUT2D eigenvalue weighted by molar-refractivity contribution is 6.19. The first-order valence-electron chi connectivity index (χ1n) is 9.31. The molecule has 1 aromatic heterocycles. The van der Waals surface area contributed by atoms with Gasteiger partial charge in [-0.15, -0.1) is 0 Å². The fraction of sp³-hybridized carbons (Fsp3) is 0.217. The molecular weight excluding hydrogens is 384 g/mol. The third kappa shape index (κ3) is 4.00. The lowest BCUT2D eigenvalue weighted by molar-refractivity contribution is -0.141. The lowest BCUT2D eigenvalue weighted by Crippen LogP contribution is -2.45. The smallest absolute Gasteiger partial charge is 0.271 e. The first-order chi connectivity index (χ1) is 14.2. The molecule has 0 saturated carbocycles. The molecule has 1 aromatic carbocycles. The fourth-order valence-corrected chi connectivity index (χ4v) is 3.16. The van der Waals surface area contributed by atoms with Crippen molar-refractivity contribution in [1.29, 1.82) is 5.26 Å². The molecule has 7 heteroatoms. The minimum absolute atomic E-state index is 0.0333. The summed E-state index contributed by atoms with van der Waals surface area (Å²) in [6.07, 6.45) is 0.551. The topological polar surface area (TPSA) is 112 Å². The minimum Gasteiger partial charge on any atom is -0.457 e. The van der Waals surface area contributed by atoms with Crippen molar-refractivity contribution in [3.8, 4) is 17.4 Å². The average Bonchev–Trinajstić information content (AvgIpc) is 3.17. The van der Waals surface area contributed by atoms with E-state index in [4.69, 9.17) is 4.42 Å². The van der Waals surface area contributed by atoms with Crippen LogP contribution < -0.4 is 0 Å². The molecule has 0 bridgehead atoms. The van der Waals surface area contributed by atoms with Crippen LogP contribution in [0, 0.1) is 11.3 Å². The molecule has 0 saturated heterocycles. The quantitative estimate of drug-likeness (QED) is 0.466. The molecule has 3 rings (SSSR count). The Hall–Kier alpha value is -3.76. The highest BCUT2D eigenvalue weighted by atomic mass is 16.3. The van der Waals surface area contributed by atoms with E-state index in [2.05, 4.69) is 0 Å². The molecule has 0 unspecified atom stereocenters. The number of furan rings is 1. The number of Topliss-reactive ketones (excluding diaryl/α,β-unsaturated/α-hetero) is 1. The predicted octanol–water partition coefficient (Wildman–Crippen LogP) is 3.12. The van der Waals surface area contributed by atoms with E-state index in [-0.39, 0.29) is 29.0 Å². The van der Waals surface area contributed by atoms with Gasteiger partial charge in [-0.05, 0) is 44.6 Å². The number of hydrogen-bond donors (Lipinski definition) is 1. The molecule has 0 aliphatic carbocycles. The van der Waals surface area contributed by atoms with E-state index in [0.717, 1.165) is 10.5 Å². The van der Waals surface area contributed by atoms with Crippen molar-refractivity contribution in [3.63, 3.8) is 0 Å². The van der Waals surface area contributed by atoms with Gasteiger partial charge in [-0.2, -0.15) is 5.26 Å². The highest BCUT2D eigenvalue weighted by Gasteiger charge is 2.36. The third-order valence-corrected chi connectivity index (χ3v) is 4.76. The maximum absolute atomic E-state index is 12.8. The Balaban J connectivity index is 1.98. The lowest BCUT2D eigenvalue weighted by atomic mass is 9.94. The number of nitrogens with zero attached hydrogens (tertiary/aromatic N) is 2. The second-order valence-electron chi connectivity index (χ2n) is 7.08. The molecule has 2 heterocycles. The number of β-amino-alcohol motifs (C(OH)–C–C–N with tert-alkyl or cyclic N) is 1. The molecule has 1 N–H and O–H groups in total. The van der Waals surface area contributed by atoms with Crippen LogP contribution >= 0.6 is 0 Å². The number of hydrogen-bond acceptors (Lipinski definition) is 6. The van der Waals surface area contributed by atoms with Gasteiger partial charge in [-0.1, -0.05) is 24.3 Å². The summed E-state index contributed by atoms with van der Waals surface area (Å²) in [6.45, 7) is 4.27. The Morgan fingerprint density at radius 3 is 2.43 bits per heavy atom. The first kappa shape index (κ1) is 21.0. The van der Waals surface area contributed by atoms with E-state index >= 15 is 0 Å². The van der Waals surface area contributed by atoms with Crippen LogP contribution in [0.25, 0.3) is 17.4 Å². The zero-order valence-corrected chi connectivity index (χ0v) is 16.8. The van der Waals surface area contributed by atoms with Crippen LogP contribution in [-0.2, 0) is 9.59 Å². The molecule has 0 radical (unpaired) electrons. The molecular formula is C23H20N2O5. The largest absolute Gasteiger partial charge is 0.457 e. The van der Waals surface area contributed by atoms with E-state index in [9.17, 15) is 24.8 Å². The Labute approximate surface area is 173 Å². The maximum atomic E-state index is 12.8. The van der Waals surface area contributed by atoms with Crippen LogP contribution in [0.3, 0.4) is 0 Å². The second kappa shape index (κ2) is 8.31. The molecule has 2 amide bonds. The summed E-state index contributed by atoms with van der Waals surface area (Å²) >= 11 is 0. The molecule has 0 spiro atoms. The number of rotatable bonds is 5. The van der Waals surface area contributed by atoms with Gasteiger partial charge in [-0.3, -0.25) is 19.3 Å². The van der Waals surface area contributed by atoms with Crippen LogP contribution in [0.15, 0.2) is 57.5 Å². The summed E-state index contributed by atoms with van der Waals surface area (Å²) < 4.78 is 5.81. The van der Waals surface area contributed by atoms with Gasteiger partial charge in [0, 0.05) is 16.7 Å². The van der Waals surface area contributed by atoms with Crippen molar-refractivity contribution in [1.82, 2.24) is 4.90 Å². The minimum atomic E-state index is -0.925. The van der Waals surface area contributed by atoms with Crippen LogP contribution in [0.1, 0.15) is 36.9 Å². The molecule has 2 aromatic rings. The number of nitriles is 1. The summed E-state index contributed by atoms with van der Waals surface area (Å²) in [4.78, 5) is 37.5. The fourth-order valence-electron chi connectivity index (χ4n) is 3.16. The summed E-state index contributed by atoms with van der Waals surface area (Å²) in [5.74, 6) is -0.440. The standard InChI is InChI=1S/C23H20N2O5/c1-13(26)12-25-22(28)19(14(2)20(11-24)23(25)29)10-18-8-9-21(30-18)17-6-4-16(5-7-17)15(3)27/h4-10,13,26H,12H2,1-3H3/b19-10+/t13-/m1/s1. The van der Waals surface area contributed by atoms with Gasteiger partial charge in [-0.25, -0.2) is 0 Å². The predicted molar refractivity (Wildman–Crippen MR) is 109 cm³/mol. The second-order valence-corrected chi connectivity index (χ2v) is 7.08. The Morgan fingerprint density at radius 2 is 1.87 bits per heavy atom. The van der Waals surface area contributed by atoms with Gasteiger partial charge in [0.1, 0.15) is 23.2 Å². The van der Waals surface area contributed by atoms with Crippen molar-refractivity contribution in [3.05, 3.63) is 64.4 Å². The van der Waals surface area contributed by atoms with Crippen molar-refractivity contribution >= 4 is 23.7 Å². The molecule has 1 atom stereocenters. The summed E-state index contributed by atoms with van der Waals surface area (Å²) in [7, 11) is 0. The van der Waals surface area contributed by atoms with Gasteiger partial charge in [0.05, 0.1) is 12.6 Å². The van der Waals surface area contributed by atoms with E-state index in [1.54, 1.807) is 36.4 Å². The highest BCUT2D eigenvalue weighted by Crippen LogP contribution is 2.29. The van der Waals surface area contributed by atoms with E-state index in [1.165, 1.54) is 26.8 Å². The van der Waals surface area contributed by atoms with Crippen molar-refractivity contribution in [2.45, 2.75) is 26.9 Å². The Morgan fingerprint density at radius 1 is 1.20 bits per heavy atom. The van der Waals surface area contributed by atoms with Crippen LogP contribution in [0.4, 0.5) is 0 Å². The molecule has 0 fully saturated rings. The number of benzene rings is 1. The molecule has 1 aliphatic heterocycles. The van der Waals surface area contributed by atoms with E-state index in [0.29, 0.717) is 17.1 Å². The summed E-state index contributed by atoms with van der Waals surface area (Å²) in [5, 5.41) is 19.0. The number of carbonyl (C=O) groups excluding carboxylic acids is 3. The van der Waals surface area contributed by atoms with Crippen molar-refractivity contribution in [2.24, 2.45) is 0 Å². The Bertz CT molecular complexity index is 1130. The molecule has 7 nitrogen and oxygen atoms in total. The SMILES string of the molecule is CC(=O)c1ccc(-c2ccc(/C=C3/C(=O)N(C[C@@H](C)O)C(=O)C(C#N)=C3C)o2)cc1. The number of ketones is 1. The molecule has 152 valence electrons. The van der Waals surface area contributed by atoms with Gasteiger partial charge < -0.3 is 9.52 Å². The molecule has 1 aliphatic rings. The van der Waals surface area contributed by atoms with Crippen LogP contribution in [0.2, 0.25) is 0 Å². The number of aliphatic hydroxyl groups is 1. The average molecular weight is 404 g/mol. The molecule has 30 heavy (non-hydrogen) atoms. The zero-order valence-electron chi connectivity index (χ0n) is 16.8. The van der Waals surface area contributed by atoms with Gasteiger partial charge in [0.15, 0.2) is 5.78 Å². The number of amides is 2. The van der Waals surface area contributed by atoms with E-state index < -0.39 is 17.9 Å². The van der Waals surface area contributed by atoms with E-state index in [1.807, 2.05) is 6.07 Å². The zero-order chi connectivity index (χ0) is 22.0. The number of carbonyl (C=O) groups is 3. The van der Waals surface area contributed by atoms with Crippen LogP contribution in [0.5, 0.6) is 0 Å². The van der Waals surface area contributed by atoms with Gasteiger partial charge in [0.25, 0.3) is 11.8 Å². The van der Waals surface area contributed by atoms with Crippen LogP contribution in [-0.4, -0.2) is 40.3 Å². The monoisotopic (exact) mass is 404 g/mol. The third-order valence-electron chi connectivity index (χ3n) is 4.76. The number of imide groups is 1. The summed E-state index contributed by atoms with van der Waals surface area (Å²) in [5.41, 5.74) is 1.62.